The summed E-state index contributed by atoms with van der Waals surface area (Å²) >= 11 is 0. The molecule has 24 heavy (non-hydrogen) atoms. The molecule has 9 heteroatoms. The molecule has 0 amide bonds. The maximum atomic E-state index is 11.0. The van der Waals surface area contributed by atoms with E-state index in [1.54, 1.807) is 12.3 Å². The van der Waals surface area contributed by atoms with Gasteiger partial charge in [-0.1, -0.05) is 0 Å². The van der Waals surface area contributed by atoms with Gasteiger partial charge in [0, 0.05) is 42.7 Å². The number of nitrogens with one attached hydrogen (secondary N) is 2. The summed E-state index contributed by atoms with van der Waals surface area (Å²) in [6, 6.07) is 4.75. The Morgan fingerprint density at radius 1 is 1.33 bits per heavy atom. The monoisotopic (exact) mass is 333 g/mol. The van der Waals surface area contributed by atoms with E-state index in [0.717, 1.165) is 11.3 Å². The molecule has 0 saturated carbocycles. The number of aliphatic hydroxyl groups is 1. The zero-order valence-corrected chi connectivity index (χ0v) is 13.4. The van der Waals surface area contributed by atoms with Gasteiger partial charge in [0.2, 0.25) is 0 Å². The number of hydrogen-bond acceptors (Lipinski definition) is 8. The van der Waals surface area contributed by atoms with Crippen LogP contribution in [0.2, 0.25) is 0 Å². The number of benzene rings is 1. The zero-order valence-electron chi connectivity index (χ0n) is 13.4. The molecule has 1 aromatic heterocycles. The standard InChI is InChI=1S/C15H19N5O4/c1-10-11(9-18-15(19-10)24-2)8-17-14-7-12(20(22)23)3-4-13(14)16-5-6-21/h3-4,7,9,16-17,21H,5-6,8H2,1-2H3. The Labute approximate surface area is 138 Å². The Morgan fingerprint density at radius 2 is 2.12 bits per heavy atom. The van der Waals surface area contributed by atoms with Crippen molar-refractivity contribution in [2.45, 2.75) is 13.5 Å². The summed E-state index contributed by atoms with van der Waals surface area (Å²) in [5.74, 6) is 0. The van der Waals surface area contributed by atoms with E-state index in [1.807, 2.05) is 6.92 Å². The molecule has 2 aromatic rings. The molecule has 0 unspecified atom stereocenters. The van der Waals surface area contributed by atoms with Crippen molar-refractivity contribution >= 4 is 17.1 Å². The van der Waals surface area contributed by atoms with E-state index in [1.165, 1.54) is 19.2 Å². The Hall–Kier alpha value is -2.94. The molecule has 0 spiro atoms. The molecule has 0 aliphatic rings. The number of aliphatic hydroxyl groups excluding tert-OH is 1. The van der Waals surface area contributed by atoms with E-state index in [9.17, 15) is 10.1 Å². The SMILES string of the molecule is COc1ncc(CNc2cc([N+](=O)[O-])ccc2NCCO)c(C)n1. The lowest BCUT2D eigenvalue weighted by Crippen LogP contribution is -2.10. The number of nitro benzene ring substituents is 1. The summed E-state index contributed by atoms with van der Waals surface area (Å²) in [4.78, 5) is 18.8. The highest BCUT2D eigenvalue weighted by Crippen LogP contribution is 2.27. The van der Waals surface area contributed by atoms with Gasteiger partial charge in [0.05, 0.1) is 30.0 Å². The second-order valence-corrected chi connectivity index (χ2v) is 4.96. The van der Waals surface area contributed by atoms with Gasteiger partial charge in [0.1, 0.15) is 0 Å². The number of nitro groups is 1. The van der Waals surface area contributed by atoms with Crippen LogP contribution in [0.3, 0.4) is 0 Å². The highest BCUT2D eigenvalue weighted by molar-refractivity contribution is 5.72. The van der Waals surface area contributed by atoms with Crippen molar-refractivity contribution in [1.82, 2.24) is 9.97 Å². The van der Waals surface area contributed by atoms with Crippen LogP contribution in [0, 0.1) is 17.0 Å². The first-order valence-electron chi connectivity index (χ1n) is 7.28. The van der Waals surface area contributed by atoms with Gasteiger partial charge in [-0.15, -0.1) is 0 Å². The van der Waals surface area contributed by atoms with Crippen LogP contribution in [0.1, 0.15) is 11.3 Å². The van der Waals surface area contributed by atoms with Gasteiger partial charge in [-0.3, -0.25) is 10.1 Å². The average Bonchev–Trinajstić information content (AvgIpc) is 2.58. The molecule has 2 rings (SSSR count). The molecule has 0 atom stereocenters. The average molecular weight is 333 g/mol. The van der Waals surface area contributed by atoms with E-state index < -0.39 is 4.92 Å². The number of methoxy groups -OCH3 is 1. The van der Waals surface area contributed by atoms with Crippen LogP contribution in [-0.4, -0.2) is 40.3 Å². The first kappa shape index (κ1) is 17.4. The summed E-state index contributed by atoms with van der Waals surface area (Å²) in [5, 5.41) is 26.1. The van der Waals surface area contributed by atoms with Gasteiger partial charge in [-0.25, -0.2) is 9.97 Å². The minimum Gasteiger partial charge on any atom is -0.467 e. The van der Waals surface area contributed by atoms with Crippen molar-refractivity contribution in [2.75, 3.05) is 30.9 Å². The second kappa shape index (κ2) is 8.06. The second-order valence-electron chi connectivity index (χ2n) is 4.96. The molecule has 0 aliphatic carbocycles. The van der Waals surface area contributed by atoms with Crippen LogP contribution in [0.4, 0.5) is 17.1 Å². The van der Waals surface area contributed by atoms with Crippen LogP contribution in [0.15, 0.2) is 24.4 Å². The topological polar surface area (TPSA) is 122 Å². The number of ether oxygens (including phenoxy) is 1. The molecule has 9 nitrogen and oxygen atoms in total. The molecule has 0 fully saturated rings. The Bertz CT molecular complexity index is 723. The minimum absolute atomic E-state index is 0.0187. The third-order valence-corrected chi connectivity index (χ3v) is 3.35. The first-order chi connectivity index (χ1) is 11.5. The number of rotatable bonds is 8. The number of anilines is 2. The molecule has 0 radical (unpaired) electrons. The summed E-state index contributed by atoms with van der Waals surface area (Å²) in [5.41, 5.74) is 2.81. The molecule has 0 aliphatic heterocycles. The summed E-state index contributed by atoms with van der Waals surface area (Å²) < 4.78 is 4.97. The number of hydrogen-bond donors (Lipinski definition) is 3. The van der Waals surface area contributed by atoms with Crippen molar-refractivity contribution in [3.63, 3.8) is 0 Å². The Balaban J connectivity index is 2.20. The molecule has 3 N–H and O–H groups in total. The highest BCUT2D eigenvalue weighted by atomic mass is 16.6. The van der Waals surface area contributed by atoms with Crippen molar-refractivity contribution in [2.24, 2.45) is 0 Å². The van der Waals surface area contributed by atoms with Crippen LogP contribution in [0.25, 0.3) is 0 Å². The minimum atomic E-state index is -0.456. The van der Waals surface area contributed by atoms with E-state index in [0.29, 0.717) is 24.5 Å². The lowest BCUT2D eigenvalue weighted by molar-refractivity contribution is -0.384. The zero-order chi connectivity index (χ0) is 17.5. The molecule has 1 aromatic carbocycles. The summed E-state index contributed by atoms with van der Waals surface area (Å²) in [6.07, 6.45) is 1.65. The molecule has 0 bridgehead atoms. The van der Waals surface area contributed by atoms with Gasteiger partial charge in [-0.2, -0.15) is 0 Å². The smallest absolute Gasteiger partial charge is 0.316 e. The molecule has 0 saturated heterocycles. The fourth-order valence-electron chi connectivity index (χ4n) is 2.07. The van der Waals surface area contributed by atoms with E-state index in [-0.39, 0.29) is 18.3 Å². The maximum Gasteiger partial charge on any atom is 0.316 e. The van der Waals surface area contributed by atoms with Crippen LogP contribution in [-0.2, 0) is 6.54 Å². The molecule has 1 heterocycles. The summed E-state index contributed by atoms with van der Waals surface area (Å²) in [6.45, 7) is 2.53. The van der Waals surface area contributed by atoms with E-state index in [4.69, 9.17) is 9.84 Å². The number of nitrogens with zero attached hydrogens (tertiary/aromatic N) is 3. The number of non-ortho nitro benzene ring substituents is 1. The predicted molar refractivity (Wildman–Crippen MR) is 89.3 cm³/mol. The van der Waals surface area contributed by atoms with Crippen molar-refractivity contribution in [3.05, 3.63) is 45.8 Å². The lowest BCUT2D eigenvalue weighted by atomic mass is 10.2. The van der Waals surface area contributed by atoms with Crippen molar-refractivity contribution < 1.29 is 14.8 Å². The van der Waals surface area contributed by atoms with Crippen LogP contribution < -0.4 is 15.4 Å². The van der Waals surface area contributed by atoms with Crippen molar-refractivity contribution in [3.8, 4) is 6.01 Å². The van der Waals surface area contributed by atoms with Gasteiger partial charge < -0.3 is 20.5 Å². The molecular weight excluding hydrogens is 314 g/mol. The Morgan fingerprint density at radius 3 is 2.75 bits per heavy atom. The van der Waals surface area contributed by atoms with Gasteiger partial charge >= 0.3 is 6.01 Å². The van der Waals surface area contributed by atoms with Crippen molar-refractivity contribution in [1.29, 1.82) is 0 Å². The van der Waals surface area contributed by atoms with E-state index >= 15 is 0 Å². The third kappa shape index (κ3) is 4.29. The lowest BCUT2D eigenvalue weighted by Gasteiger charge is -2.14. The predicted octanol–water partition coefficient (Wildman–Crippen LogP) is 1.72. The number of aromatic nitrogens is 2. The molecule has 128 valence electrons. The highest BCUT2D eigenvalue weighted by Gasteiger charge is 2.11. The first-order valence-corrected chi connectivity index (χ1v) is 7.28. The van der Waals surface area contributed by atoms with Gasteiger partial charge in [-0.05, 0) is 13.0 Å². The largest absolute Gasteiger partial charge is 0.467 e. The normalized spacial score (nSPS) is 10.3. The maximum absolute atomic E-state index is 11.0. The van der Waals surface area contributed by atoms with E-state index in [2.05, 4.69) is 20.6 Å². The third-order valence-electron chi connectivity index (χ3n) is 3.35. The Kier molecular flexibility index (Phi) is 5.85. The fourth-order valence-corrected chi connectivity index (χ4v) is 2.07. The molecular formula is C15H19N5O4. The number of aryl methyl sites for hydroxylation is 1. The van der Waals surface area contributed by atoms with Gasteiger partial charge in [0.15, 0.2) is 0 Å². The van der Waals surface area contributed by atoms with Crippen LogP contribution in [0.5, 0.6) is 6.01 Å². The quantitative estimate of drug-likeness (QED) is 0.493. The summed E-state index contributed by atoms with van der Waals surface area (Å²) in [7, 11) is 1.49. The van der Waals surface area contributed by atoms with Gasteiger partial charge in [0.25, 0.3) is 5.69 Å². The van der Waals surface area contributed by atoms with Crippen LogP contribution >= 0.6 is 0 Å². The fraction of sp³-hybridized carbons (Fsp3) is 0.333.